The summed E-state index contributed by atoms with van der Waals surface area (Å²) in [4.78, 5) is 0.557. The summed E-state index contributed by atoms with van der Waals surface area (Å²) in [7, 11) is 2.70. The van der Waals surface area contributed by atoms with Crippen molar-refractivity contribution in [2.45, 2.75) is 4.90 Å². The summed E-state index contributed by atoms with van der Waals surface area (Å²) in [5, 5.41) is 9.73. The quantitative estimate of drug-likeness (QED) is 0.323. The van der Waals surface area contributed by atoms with Gasteiger partial charge in [-0.2, -0.15) is 0 Å². The molecule has 1 aromatic carbocycles. The van der Waals surface area contributed by atoms with Crippen molar-refractivity contribution in [2.24, 2.45) is 0 Å². The van der Waals surface area contributed by atoms with Gasteiger partial charge in [0.15, 0.2) is 0 Å². The number of halogens is 5. The number of hydrogen-bond acceptors (Lipinski definition) is 3. The van der Waals surface area contributed by atoms with Crippen molar-refractivity contribution in [1.29, 1.82) is 0 Å². The Morgan fingerprint density at radius 2 is 1.25 bits per heavy atom. The Morgan fingerprint density at radius 1 is 0.812 bits per heavy atom. The van der Waals surface area contributed by atoms with Gasteiger partial charge in [-0.15, -0.1) is 0 Å². The molecule has 1 rings (SSSR count). The molecule has 0 amide bonds. The fourth-order valence-electron chi connectivity index (χ4n) is 0.796. The summed E-state index contributed by atoms with van der Waals surface area (Å²) >= 11 is 29.6. The van der Waals surface area contributed by atoms with E-state index in [1.54, 1.807) is 0 Å². The minimum Gasteiger partial charge on any atom is -0.395 e. The first kappa shape index (κ1) is 15.4. The van der Waals surface area contributed by atoms with Gasteiger partial charge < -0.3 is 5.11 Å². The zero-order valence-electron chi connectivity index (χ0n) is 7.57. The van der Waals surface area contributed by atoms with Gasteiger partial charge in [0.05, 0.1) is 36.6 Å². The average molecular weight is 359 g/mol. The van der Waals surface area contributed by atoms with Crippen LogP contribution < -0.4 is 0 Å². The summed E-state index contributed by atoms with van der Waals surface area (Å²) < 4.78 is 0. The second-order valence-corrected chi connectivity index (χ2v) is 6.84. The van der Waals surface area contributed by atoms with Crippen molar-refractivity contribution < 1.29 is 5.11 Å². The molecule has 0 unspecified atom stereocenters. The third-order valence-electron chi connectivity index (χ3n) is 1.49. The minimum absolute atomic E-state index is 0.0714. The smallest absolute Gasteiger partial charge is 0.0809 e. The highest BCUT2D eigenvalue weighted by Crippen LogP contribution is 2.50. The second-order valence-electron chi connectivity index (χ2n) is 2.53. The van der Waals surface area contributed by atoms with E-state index >= 15 is 0 Å². The molecule has 8 heteroatoms. The van der Waals surface area contributed by atoms with Crippen LogP contribution >= 0.6 is 79.6 Å². The van der Waals surface area contributed by atoms with E-state index in [9.17, 15) is 0 Å². The van der Waals surface area contributed by atoms with Crippen molar-refractivity contribution >= 4 is 79.6 Å². The van der Waals surface area contributed by atoms with Crippen LogP contribution in [0, 0.1) is 0 Å². The van der Waals surface area contributed by atoms with Crippen molar-refractivity contribution in [2.75, 3.05) is 12.4 Å². The molecule has 0 aliphatic rings. The number of hydrogen-bond donors (Lipinski definition) is 1. The van der Waals surface area contributed by atoms with E-state index in [1.807, 2.05) is 0 Å². The molecular weight excluding hydrogens is 353 g/mol. The number of aliphatic hydroxyl groups is 1. The van der Waals surface area contributed by atoms with E-state index in [-0.39, 0.29) is 31.7 Å². The van der Waals surface area contributed by atoms with Crippen molar-refractivity contribution in [1.82, 2.24) is 0 Å². The van der Waals surface area contributed by atoms with Crippen LogP contribution in [0.3, 0.4) is 0 Å². The van der Waals surface area contributed by atoms with Crippen LogP contribution in [0.4, 0.5) is 0 Å². The lowest BCUT2D eigenvalue weighted by Crippen LogP contribution is -1.85. The van der Waals surface area contributed by atoms with Gasteiger partial charge in [-0.3, -0.25) is 0 Å². The standard InChI is InChI=1S/C8H5Cl5OS2/c9-3-4(10)6(12)8(7(13)5(3)11)16-15-2-1-14/h14H,1-2H2. The van der Waals surface area contributed by atoms with Gasteiger partial charge in [0, 0.05) is 5.75 Å². The number of aliphatic hydroxyl groups excluding tert-OH is 1. The van der Waals surface area contributed by atoms with Gasteiger partial charge in [-0.05, 0) is 0 Å². The first-order valence-electron chi connectivity index (χ1n) is 3.92. The van der Waals surface area contributed by atoms with Crippen LogP contribution in [0.2, 0.25) is 25.1 Å². The van der Waals surface area contributed by atoms with Crippen molar-refractivity contribution in [3.8, 4) is 0 Å². The Hall–Kier alpha value is 1.33. The van der Waals surface area contributed by atoms with Crippen molar-refractivity contribution in [3.05, 3.63) is 25.1 Å². The predicted molar refractivity (Wildman–Crippen MR) is 76.9 cm³/mol. The first-order valence-corrected chi connectivity index (χ1v) is 8.13. The fraction of sp³-hybridized carbons (Fsp3) is 0.250. The Bertz CT molecular complexity index is 370. The Labute approximate surface area is 126 Å². The molecule has 0 aliphatic carbocycles. The van der Waals surface area contributed by atoms with Crippen LogP contribution in [-0.4, -0.2) is 17.5 Å². The molecule has 1 N–H and O–H groups in total. The SMILES string of the molecule is OCCSSc1c(Cl)c(Cl)c(Cl)c(Cl)c1Cl. The molecule has 0 saturated heterocycles. The van der Waals surface area contributed by atoms with Crippen LogP contribution in [0.5, 0.6) is 0 Å². The van der Waals surface area contributed by atoms with Gasteiger partial charge in [0.1, 0.15) is 0 Å². The maximum Gasteiger partial charge on any atom is 0.0809 e. The summed E-state index contributed by atoms with van der Waals surface area (Å²) in [6.07, 6.45) is 0. The second kappa shape index (κ2) is 7.05. The van der Waals surface area contributed by atoms with E-state index < -0.39 is 0 Å². The molecule has 0 aliphatic heterocycles. The monoisotopic (exact) mass is 356 g/mol. The average Bonchev–Trinajstić information content (AvgIpc) is 2.28. The van der Waals surface area contributed by atoms with Gasteiger partial charge >= 0.3 is 0 Å². The summed E-state index contributed by atoms with van der Waals surface area (Å²) in [6.45, 7) is 0.0714. The zero-order valence-corrected chi connectivity index (χ0v) is 13.0. The molecule has 0 saturated carbocycles. The van der Waals surface area contributed by atoms with Gasteiger partial charge in [-0.1, -0.05) is 79.6 Å². The third kappa shape index (κ3) is 3.42. The van der Waals surface area contributed by atoms with E-state index in [0.29, 0.717) is 10.6 Å². The Kier molecular flexibility index (Phi) is 6.78. The lowest BCUT2D eigenvalue weighted by molar-refractivity contribution is 0.323. The topological polar surface area (TPSA) is 20.2 Å². The summed E-state index contributed by atoms with van der Waals surface area (Å²) in [6, 6.07) is 0. The van der Waals surface area contributed by atoms with Crippen LogP contribution in [0.1, 0.15) is 0 Å². The number of rotatable bonds is 4. The summed E-state index contributed by atoms with van der Waals surface area (Å²) in [5.74, 6) is 0.551. The van der Waals surface area contributed by atoms with Gasteiger partial charge in [-0.25, -0.2) is 0 Å². The van der Waals surface area contributed by atoms with Crippen LogP contribution in [0.15, 0.2) is 4.90 Å². The summed E-state index contributed by atoms with van der Waals surface area (Å²) in [5.41, 5.74) is 0. The first-order chi connectivity index (χ1) is 7.50. The highest BCUT2D eigenvalue weighted by molar-refractivity contribution is 8.76. The van der Waals surface area contributed by atoms with E-state index in [4.69, 9.17) is 63.1 Å². The fourth-order valence-corrected chi connectivity index (χ4v) is 4.51. The highest BCUT2D eigenvalue weighted by atomic mass is 35.5. The lowest BCUT2D eigenvalue weighted by atomic mass is 10.3. The predicted octanol–water partition coefficient (Wildman–Crippen LogP) is 5.69. The van der Waals surface area contributed by atoms with Crippen LogP contribution in [-0.2, 0) is 0 Å². The normalized spacial score (nSPS) is 10.9. The number of benzene rings is 1. The third-order valence-corrected chi connectivity index (χ3v) is 6.38. The van der Waals surface area contributed by atoms with Crippen molar-refractivity contribution in [3.63, 3.8) is 0 Å². The molecule has 0 fully saturated rings. The van der Waals surface area contributed by atoms with E-state index in [1.165, 1.54) is 21.6 Å². The molecule has 0 radical (unpaired) electrons. The lowest BCUT2D eigenvalue weighted by Gasteiger charge is -2.10. The Balaban J connectivity index is 3.08. The molecule has 0 atom stereocenters. The maximum atomic E-state index is 8.66. The molecule has 16 heavy (non-hydrogen) atoms. The minimum atomic E-state index is 0.0714. The van der Waals surface area contributed by atoms with E-state index in [2.05, 4.69) is 0 Å². The van der Waals surface area contributed by atoms with E-state index in [0.717, 1.165) is 0 Å². The molecule has 0 spiro atoms. The molecule has 0 bridgehead atoms. The molecule has 1 nitrogen and oxygen atoms in total. The van der Waals surface area contributed by atoms with Gasteiger partial charge in [0.25, 0.3) is 0 Å². The Morgan fingerprint density at radius 3 is 1.69 bits per heavy atom. The molecule has 0 aromatic heterocycles. The van der Waals surface area contributed by atoms with Gasteiger partial charge in [0.2, 0.25) is 0 Å². The molecule has 1 aromatic rings. The molecular formula is C8H5Cl5OS2. The highest BCUT2D eigenvalue weighted by Gasteiger charge is 2.19. The largest absolute Gasteiger partial charge is 0.395 e. The molecule has 0 heterocycles. The molecule has 90 valence electrons. The zero-order chi connectivity index (χ0) is 12.3. The van der Waals surface area contributed by atoms with Crippen LogP contribution in [0.25, 0.3) is 0 Å². The maximum absolute atomic E-state index is 8.66.